The molecule has 0 bridgehead atoms. The van der Waals surface area contributed by atoms with Gasteiger partial charge >= 0.3 is 12.4 Å². The Bertz CT molecular complexity index is 3090. The Balaban J connectivity index is 0.000000312. The average Bonchev–Trinajstić information content (AvgIpc) is 3.24. The molecule has 2 N–H and O–H groups in total. The monoisotopic (exact) mass is 1160 g/mol. The fraction of sp³-hybridized carbons (Fsp3) is 0.128. The number of alkyl halides is 6. The second-order valence-corrected chi connectivity index (χ2v) is 19.2. The normalized spacial score (nSPS) is 11.5. The number of carbonyl (C=O) groups is 2. The molecule has 370 valence electrons. The first-order chi connectivity index (χ1) is 31.5. The number of nitrogens with one attached hydrogen (secondary N) is 2. The molecule has 0 unspecified atom stereocenters. The smallest absolute Gasteiger partial charge is 0.287 e. The predicted molar refractivity (Wildman–Crippen MR) is 251 cm³/mol. The fourth-order valence-electron chi connectivity index (χ4n) is 4.89. The minimum atomic E-state index is -4.89. The molecule has 2 aromatic carbocycles. The largest absolute Gasteiger partial charge is 0.417 e. The minimum Gasteiger partial charge on any atom is -0.287 e. The number of ketones is 1. The number of amides is 1. The number of aromatic nitrogens is 4. The molecule has 0 aliphatic rings. The van der Waals surface area contributed by atoms with E-state index in [0.29, 0.717) is 22.3 Å². The minimum absolute atomic E-state index is 0. The van der Waals surface area contributed by atoms with E-state index in [4.69, 9.17) is 97.6 Å². The van der Waals surface area contributed by atoms with Crippen molar-refractivity contribution in [3.8, 4) is 0 Å². The van der Waals surface area contributed by atoms with Gasteiger partial charge in [0.05, 0.1) is 69.5 Å². The highest BCUT2D eigenvalue weighted by molar-refractivity contribution is 7.93. The quantitative estimate of drug-likeness (QED) is 0.0574. The van der Waals surface area contributed by atoms with Gasteiger partial charge in [0.15, 0.2) is 5.69 Å². The van der Waals surface area contributed by atoms with E-state index < -0.39 is 86.4 Å². The van der Waals surface area contributed by atoms with E-state index in [-0.39, 0.29) is 44.6 Å². The molecule has 0 atom stereocenters. The zero-order chi connectivity index (χ0) is 51.1. The lowest BCUT2D eigenvalue weighted by atomic mass is 10.1. The van der Waals surface area contributed by atoms with Gasteiger partial charge in [0.25, 0.3) is 26.0 Å². The van der Waals surface area contributed by atoms with Gasteiger partial charge in [0.2, 0.25) is 5.78 Å². The maximum atomic E-state index is 13.1. The molecule has 4 heterocycles. The van der Waals surface area contributed by atoms with Gasteiger partial charge in [0, 0.05) is 37.4 Å². The SMILES string of the molecule is C.CON(C)C(=O)c1ncc(Cl)cc1NS(=O)(=O)c1ccc(Cl)c(C(F)(F)F)c1.Clc1cccnc1Cl.O=C(c1ccnc(Cl)c1Cl)c1ncc(Cl)cc1NS(=O)(=O)c1ccc(Cl)c(C(F)(F)F)c1. The summed E-state index contributed by atoms with van der Waals surface area (Å²) in [6.45, 7) is 0. The van der Waals surface area contributed by atoms with Crippen LogP contribution in [-0.2, 0) is 37.2 Å². The van der Waals surface area contributed by atoms with Crippen molar-refractivity contribution in [2.75, 3.05) is 23.6 Å². The Kier molecular flexibility index (Phi) is 20.6. The van der Waals surface area contributed by atoms with Crippen molar-refractivity contribution in [2.45, 2.75) is 29.6 Å². The zero-order valence-electron chi connectivity index (χ0n) is 33.4. The van der Waals surface area contributed by atoms with Crippen LogP contribution < -0.4 is 9.44 Å². The number of hydrogen-bond donors (Lipinski definition) is 2. The molecule has 0 radical (unpaired) electrons. The maximum Gasteiger partial charge on any atom is 0.417 e. The third-order valence-corrected chi connectivity index (χ3v) is 13.4. The van der Waals surface area contributed by atoms with Crippen LogP contribution in [0.15, 0.2) is 101 Å². The average molecular weight is 1170 g/mol. The molecule has 0 saturated heterocycles. The van der Waals surface area contributed by atoms with E-state index in [1.54, 1.807) is 18.3 Å². The van der Waals surface area contributed by atoms with E-state index in [1.807, 2.05) is 9.44 Å². The number of rotatable bonds is 10. The van der Waals surface area contributed by atoms with Gasteiger partial charge in [-0.1, -0.05) is 100 Å². The predicted octanol–water partition coefficient (Wildman–Crippen LogP) is 13.0. The first-order valence-electron chi connectivity index (χ1n) is 17.5. The van der Waals surface area contributed by atoms with Crippen LogP contribution >= 0.6 is 92.8 Å². The summed E-state index contributed by atoms with van der Waals surface area (Å²) in [6.07, 6.45) is -4.78. The molecule has 0 aliphatic heterocycles. The lowest BCUT2D eigenvalue weighted by Gasteiger charge is -2.17. The molecule has 6 aromatic rings. The number of benzene rings is 2. The number of hydroxylamine groups is 2. The highest BCUT2D eigenvalue weighted by Gasteiger charge is 2.36. The van der Waals surface area contributed by atoms with E-state index in [9.17, 15) is 52.8 Å². The highest BCUT2D eigenvalue weighted by atomic mass is 35.5. The third-order valence-electron chi connectivity index (χ3n) is 8.09. The molecule has 1 amide bonds. The first-order valence-corrected chi connectivity index (χ1v) is 23.5. The van der Waals surface area contributed by atoms with E-state index in [2.05, 4.69) is 19.9 Å². The molecule has 0 spiro atoms. The van der Waals surface area contributed by atoms with Crippen molar-refractivity contribution in [3.63, 3.8) is 0 Å². The van der Waals surface area contributed by atoms with Gasteiger partial charge < -0.3 is 0 Å². The van der Waals surface area contributed by atoms with E-state index in [0.717, 1.165) is 53.9 Å². The van der Waals surface area contributed by atoms with E-state index in [1.165, 1.54) is 26.4 Å². The number of halogens is 14. The molecular formula is C39H27Cl8F6N7O7S2. The van der Waals surface area contributed by atoms with Gasteiger partial charge in [-0.2, -0.15) is 26.3 Å². The van der Waals surface area contributed by atoms with Crippen LogP contribution in [0.3, 0.4) is 0 Å². The summed E-state index contributed by atoms with van der Waals surface area (Å²) in [4.78, 5) is 43.5. The van der Waals surface area contributed by atoms with Crippen LogP contribution in [0.2, 0.25) is 40.4 Å². The Morgan fingerprint density at radius 1 is 0.609 bits per heavy atom. The highest BCUT2D eigenvalue weighted by Crippen LogP contribution is 2.38. The Labute approximate surface area is 428 Å². The summed E-state index contributed by atoms with van der Waals surface area (Å²) in [7, 11) is -6.70. The van der Waals surface area contributed by atoms with Crippen molar-refractivity contribution in [2.24, 2.45) is 0 Å². The van der Waals surface area contributed by atoms with Gasteiger partial charge in [-0.3, -0.25) is 23.9 Å². The van der Waals surface area contributed by atoms with Crippen molar-refractivity contribution in [1.29, 1.82) is 0 Å². The molecule has 0 saturated carbocycles. The van der Waals surface area contributed by atoms with Crippen LogP contribution in [-0.4, -0.2) is 67.7 Å². The molecule has 14 nitrogen and oxygen atoms in total. The number of pyridine rings is 4. The number of nitrogens with zero attached hydrogens (tertiary/aromatic N) is 5. The summed E-state index contributed by atoms with van der Waals surface area (Å²) in [5.74, 6) is -1.65. The van der Waals surface area contributed by atoms with Crippen LogP contribution in [0.1, 0.15) is 45.1 Å². The Morgan fingerprint density at radius 2 is 1.06 bits per heavy atom. The van der Waals surface area contributed by atoms with Crippen LogP contribution in [0.4, 0.5) is 37.7 Å². The summed E-state index contributed by atoms with van der Waals surface area (Å²) in [6, 6.07) is 10.9. The molecule has 69 heavy (non-hydrogen) atoms. The van der Waals surface area contributed by atoms with Gasteiger partial charge in [-0.05, 0) is 66.7 Å². The lowest BCUT2D eigenvalue weighted by Crippen LogP contribution is -2.28. The fourth-order valence-corrected chi connectivity index (χ4v) is 8.42. The molecule has 0 aliphatic carbocycles. The van der Waals surface area contributed by atoms with Crippen molar-refractivity contribution in [1.82, 2.24) is 25.0 Å². The molecule has 4 aromatic heterocycles. The van der Waals surface area contributed by atoms with Crippen LogP contribution in [0.5, 0.6) is 0 Å². The number of anilines is 2. The first kappa shape index (κ1) is 58.9. The summed E-state index contributed by atoms with van der Waals surface area (Å²) < 4.78 is 133. The third kappa shape index (κ3) is 15.5. The van der Waals surface area contributed by atoms with Crippen molar-refractivity contribution < 1.29 is 57.6 Å². The van der Waals surface area contributed by atoms with Crippen LogP contribution in [0, 0.1) is 0 Å². The lowest BCUT2D eigenvalue weighted by molar-refractivity contribution is -0.138. The standard InChI is InChI=1S/C18H8Cl4F3N3O3S.C15H12Cl2F3N3O4S.C5H3Cl2N.CH4/c19-8-5-13(15(27-7-8)16(29)10-3-4-26-17(22)14(10)21)28-32(30,31)9-1-2-12(20)11(6-9)18(23,24)25;1-23(27-2)14(24)13-12(5-8(16)7-21-13)22-28(25,26)9-3-4-11(17)10(6-9)15(18,19)20;6-4-2-1-3-8-5(4)7;/h1-7,28H;3-7,22H,1-2H3;1-3H;1H4. The maximum absolute atomic E-state index is 13.1. The Morgan fingerprint density at radius 3 is 1.48 bits per heavy atom. The van der Waals surface area contributed by atoms with Gasteiger partial charge in [0.1, 0.15) is 16.0 Å². The molecule has 0 fully saturated rings. The van der Waals surface area contributed by atoms with Crippen molar-refractivity contribution in [3.05, 3.63) is 160 Å². The van der Waals surface area contributed by atoms with Gasteiger partial charge in [-0.25, -0.2) is 41.8 Å². The van der Waals surface area contributed by atoms with Gasteiger partial charge in [-0.15, -0.1) is 0 Å². The second-order valence-electron chi connectivity index (χ2n) is 12.6. The zero-order valence-corrected chi connectivity index (χ0v) is 41.0. The molecule has 30 heteroatoms. The van der Waals surface area contributed by atoms with Crippen molar-refractivity contribution >= 4 is 136 Å². The number of hydrogen-bond acceptors (Lipinski definition) is 11. The van der Waals surface area contributed by atoms with E-state index >= 15 is 0 Å². The summed E-state index contributed by atoms with van der Waals surface area (Å²) >= 11 is 45.5. The summed E-state index contributed by atoms with van der Waals surface area (Å²) in [5, 5.41) is -0.144. The Hall–Kier alpha value is -4.46. The second kappa shape index (κ2) is 24.1. The van der Waals surface area contributed by atoms with Crippen LogP contribution in [0.25, 0.3) is 0 Å². The molecule has 6 rings (SSSR count). The molecular weight excluding hydrogens is 1140 g/mol. The number of carbonyl (C=O) groups excluding carboxylic acids is 2. The topological polar surface area (TPSA) is 191 Å². The summed E-state index contributed by atoms with van der Waals surface area (Å²) in [5.41, 5.74) is -4.33. The number of sulfonamides is 2.